The summed E-state index contributed by atoms with van der Waals surface area (Å²) in [5.74, 6) is 1.71. The van der Waals surface area contributed by atoms with Crippen LogP contribution >= 0.6 is 15.9 Å². The first-order valence-electron chi connectivity index (χ1n) is 5.48. The number of ether oxygens (including phenoxy) is 1. The average molecular weight is 271 g/mol. The van der Waals surface area contributed by atoms with E-state index in [9.17, 15) is 0 Å². The lowest BCUT2D eigenvalue weighted by atomic mass is 10.1. The Morgan fingerprint density at radius 3 is 2.67 bits per heavy atom. The third-order valence-electron chi connectivity index (χ3n) is 2.27. The van der Waals surface area contributed by atoms with E-state index in [4.69, 9.17) is 4.74 Å². The highest BCUT2D eigenvalue weighted by Gasteiger charge is 2.01. The van der Waals surface area contributed by atoms with Crippen LogP contribution in [-0.2, 0) is 0 Å². The summed E-state index contributed by atoms with van der Waals surface area (Å²) in [4.78, 5) is 0. The number of halogens is 1. The summed E-state index contributed by atoms with van der Waals surface area (Å²) in [6.45, 7) is 7.36. The lowest BCUT2D eigenvalue weighted by Crippen LogP contribution is -2.00. The van der Waals surface area contributed by atoms with Crippen LogP contribution in [0.1, 0.15) is 32.3 Å². The van der Waals surface area contributed by atoms with E-state index in [1.807, 2.05) is 6.07 Å². The molecule has 0 bridgehead atoms. The lowest BCUT2D eigenvalue weighted by Gasteiger charge is -2.09. The van der Waals surface area contributed by atoms with Crippen molar-refractivity contribution in [3.63, 3.8) is 0 Å². The van der Waals surface area contributed by atoms with Crippen molar-refractivity contribution in [1.29, 1.82) is 0 Å². The maximum absolute atomic E-state index is 5.70. The van der Waals surface area contributed by atoms with Crippen molar-refractivity contribution in [2.75, 3.05) is 6.61 Å². The highest BCUT2D eigenvalue weighted by Crippen LogP contribution is 2.25. The Morgan fingerprint density at radius 1 is 1.33 bits per heavy atom. The zero-order valence-electron chi connectivity index (χ0n) is 9.72. The molecular weight excluding hydrogens is 252 g/mol. The number of aryl methyl sites for hydroxylation is 1. The Morgan fingerprint density at radius 2 is 2.07 bits per heavy atom. The van der Waals surface area contributed by atoms with Gasteiger partial charge in [-0.15, -0.1) is 0 Å². The molecule has 2 heteroatoms. The molecule has 0 amide bonds. The van der Waals surface area contributed by atoms with Crippen molar-refractivity contribution in [1.82, 2.24) is 0 Å². The second-order valence-electron chi connectivity index (χ2n) is 4.32. The predicted octanol–water partition coefficient (Wildman–Crippen LogP) is 4.57. The smallest absolute Gasteiger partial charge is 0.133 e. The zero-order chi connectivity index (χ0) is 11.3. The first kappa shape index (κ1) is 12.6. The topological polar surface area (TPSA) is 9.23 Å². The normalized spacial score (nSPS) is 10.7. The van der Waals surface area contributed by atoms with Gasteiger partial charge < -0.3 is 4.74 Å². The average Bonchev–Trinajstić information content (AvgIpc) is 2.14. The van der Waals surface area contributed by atoms with E-state index in [2.05, 4.69) is 48.8 Å². The second-order valence-corrected chi connectivity index (χ2v) is 5.17. The molecule has 0 atom stereocenters. The molecule has 0 aliphatic heterocycles. The summed E-state index contributed by atoms with van der Waals surface area (Å²) >= 11 is 3.50. The molecular formula is C13H19BrO. The molecule has 0 heterocycles. The summed E-state index contributed by atoms with van der Waals surface area (Å²) < 4.78 is 6.74. The van der Waals surface area contributed by atoms with Gasteiger partial charge in [0.2, 0.25) is 0 Å². The van der Waals surface area contributed by atoms with Crippen LogP contribution in [0.25, 0.3) is 0 Å². The third-order valence-corrected chi connectivity index (χ3v) is 2.89. The summed E-state index contributed by atoms with van der Waals surface area (Å²) in [6, 6.07) is 6.18. The molecule has 0 radical (unpaired) electrons. The minimum absolute atomic E-state index is 0.759. The van der Waals surface area contributed by atoms with Crippen LogP contribution in [0.2, 0.25) is 0 Å². The van der Waals surface area contributed by atoms with Crippen LogP contribution in [0.4, 0.5) is 0 Å². The Balaban J connectivity index is 2.37. The molecule has 0 aliphatic carbocycles. The van der Waals surface area contributed by atoms with E-state index in [1.54, 1.807) is 0 Å². The first-order chi connectivity index (χ1) is 7.09. The summed E-state index contributed by atoms with van der Waals surface area (Å²) in [7, 11) is 0. The van der Waals surface area contributed by atoms with E-state index >= 15 is 0 Å². The van der Waals surface area contributed by atoms with Gasteiger partial charge in [0.25, 0.3) is 0 Å². The molecule has 1 nitrogen and oxygen atoms in total. The van der Waals surface area contributed by atoms with Gasteiger partial charge in [-0.25, -0.2) is 0 Å². The summed E-state index contributed by atoms with van der Waals surface area (Å²) in [5, 5.41) is 0. The van der Waals surface area contributed by atoms with E-state index in [1.165, 1.54) is 12.0 Å². The van der Waals surface area contributed by atoms with Gasteiger partial charge in [0, 0.05) is 0 Å². The van der Waals surface area contributed by atoms with Crippen LogP contribution in [-0.4, -0.2) is 6.61 Å². The number of rotatable bonds is 5. The number of benzene rings is 1. The van der Waals surface area contributed by atoms with E-state index in [0.717, 1.165) is 29.2 Å². The lowest BCUT2D eigenvalue weighted by molar-refractivity contribution is 0.296. The molecule has 0 aromatic heterocycles. The van der Waals surface area contributed by atoms with Crippen LogP contribution in [0.15, 0.2) is 22.7 Å². The molecule has 0 saturated carbocycles. The van der Waals surface area contributed by atoms with Gasteiger partial charge in [0.05, 0.1) is 11.1 Å². The largest absolute Gasteiger partial charge is 0.492 e. The molecule has 0 saturated heterocycles. The number of hydrogen-bond donors (Lipinski definition) is 0. The molecule has 0 unspecified atom stereocenters. The number of hydrogen-bond acceptors (Lipinski definition) is 1. The fourth-order valence-corrected chi connectivity index (χ4v) is 2.00. The van der Waals surface area contributed by atoms with E-state index in [-0.39, 0.29) is 0 Å². The maximum atomic E-state index is 5.70. The third kappa shape index (κ3) is 4.70. The van der Waals surface area contributed by atoms with Crippen molar-refractivity contribution in [2.24, 2.45) is 5.92 Å². The zero-order valence-corrected chi connectivity index (χ0v) is 11.3. The van der Waals surface area contributed by atoms with Crippen molar-refractivity contribution in [3.8, 4) is 5.75 Å². The predicted molar refractivity (Wildman–Crippen MR) is 68.4 cm³/mol. The van der Waals surface area contributed by atoms with Crippen molar-refractivity contribution < 1.29 is 4.74 Å². The Kier molecular flexibility index (Phi) is 5.16. The minimum Gasteiger partial charge on any atom is -0.492 e. The van der Waals surface area contributed by atoms with Crippen molar-refractivity contribution in [2.45, 2.75) is 33.6 Å². The van der Waals surface area contributed by atoms with Crippen molar-refractivity contribution >= 4 is 15.9 Å². The maximum Gasteiger partial charge on any atom is 0.133 e. The molecule has 0 N–H and O–H groups in total. The van der Waals surface area contributed by atoms with Gasteiger partial charge in [-0.3, -0.25) is 0 Å². The molecule has 1 aromatic carbocycles. The van der Waals surface area contributed by atoms with Gasteiger partial charge in [0.15, 0.2) is 0 Å². The van der Waals surface area contributed by atoms with Crippen molar-refractivity contribution in [3.05, 3.63) is 28.2 Å². The van der Waals surface area contributed by atoms with Gasteiger partial charge >= 0.3 is 0 Å². The standard InChI is InChI=1S/C13H19BrO/c1-10(2)5-4-8-15-13-7-6-11(3)9-12(13)14/h6-7,9-10H,4-5,8H2,1-3H3. The van der Waals surface area contributed by atoms with E-state index < -0.39 is 0 Å². The van der Waals surface area contributed by atoms with Gasteiger partial charge in [-0.2, -0.15) is 0 Å². The molecule has 0 fully saturated rings. The molecule has 0 aliphatic rings. The van der Waals surface area contributed by atoms with Gasteiger partial charge in [-0.05, 0) is 59.3 Å². The summed E-state index contributed by atoms with van der Waals surface area (Å²) in [6.07, 6.45) is 2.35. The molecule has 1 aromatic rings. The van der Waals surface area contributed by atoms with Gasteiger partial charge in [0.1, 0.15) is 5.75 Å². The molecule has 0 spiro atoms. The first-order valence-corrected chi connectivity index (χ1v) is 6.28. The highest BCUT2D eigenvalue weighted by molar-refractivity contribution is 9.10. The Labute approximate surface area is 101 Å². The van der Waals surface area contributed by atoms with Crippen LogP contribution < -0.4 is 4.74 Å². The highest BCUT2D eigenvalue weighted by atomic mass is 79.9. The van der Waals surface area contributed by atoms with Crippen LogP contribution in [0.5, 0.6) is 5.75 Å². The van der Waals surface area contributed by atoms with Gasteiger partial charge in [-0.1, -0.05) is 19.9 Å². The minimum atomic E-state index is 0.759. The van der Waals surface area contributed by atoms with Crippen LogP contribution in [0, 0.1) is 12.8 Å². The molecule has 15 heavy (non-hydrogen) atoms. The Hall–Kier alpha value is -0.500. The van der Waals surface area contributed by atoms with Crippen LogP contribution in [0.3, 0.4) is 0 Å². The molecule has 1 rings (SSSR count). The molecule has 84 valence electrons. The fourth-order valence-electron chi connectivity index (χ4n) is 1.40. The quantitative estimate of drug-likeness (QED) is 0.713. The second kappa shape index (κ2) is 6.16. The SMILES string of the molecule is Cc1ccc(OCCCC(C)C)c(Br)c1. The summed E-state index contributed by atoms with van der Waals surface area (Å²) in [5.41, 5.74) is 1.25. The fraction of sp³-hybridized carbons (Fsp3) is 0.538. The Bertz CT molecular complexity index is 307. The monoisotopic (exact) mass is 270 g/mol. The van der Waals surface area contributed by atoms with E-state index in [0.29, 0.717) is 0 Å².